The van der Waals surface area contributed by atoms with Crippen LogP contribution in [0.1, 0.15) is 25.3 Å². The minimum atomic E-state index is -0.395. The van der Waals surface area contributed by atoms with Crippen LogP contribution in [0.2, 0.25) is 0 Å². The molecule has 1 heterocycles. The molecular weight excluding hydrogens is 423 g/mol. The van der Waals surface area contributed by atoms with Crippen LogP contribution in [-0.2, 0) is 9.59 Å². The summed E-state index contributed by atoms with van der Waals surface area (Å²) in [6.45, 7) is 2.82. The monoisotopic (exact) mass is 444 g/mol. The molecule has 0 radical (unpaired) electrons. The number of anilines is 1. The zero-order valence-electron chi connectivity index (χ0n) is 16.4. The fourth-order valence-electron chi connectivity index (χ4n) is 2.85. The Morgan fingerprint density at radius 3 is 2.67 bits per heavy atom. The number of carbonyl (C=O) groups excluding carboxylic acids is 2. The Morgan fingerprint density at radius 2 is 1.97 bits per heavy atom. The molecule has 156 valence electrons. The maximum atomic E-state index is 13.8. The van der Waals surface area contributed by atoms with Crippen LogP contribution >= 0.6 is 24.0 Å². The van der Waals surface area contributed by atoms with Crippen molar-refractivity contribution in [3.63, 3.8) is 0 Å². The molecule has 3 rings (SSSR count). The fraction of sp³-hybridized carbons (Fsp3) is 0.227. The van der Waals surface area contributed by atoms with Gasteiger partial charge in [-0.25, -0.2) is 4.39 Å². The highest BCUT2D eigenvalue weighted by Gasteiger charge is 2.31. The predicted octanol–water partition coefficient (Wildman–Crippen LogP) is 4.84. The number of hydrogen-bond donors (Lipinski definition) is 1. The number of rotatable bonds is 8. The number of hydrogen-bond acceptors (Lipinski definition) is 5. The Hall–Kier alpha value is -2.71. The third-order valence-corrected chi connectivity index (χ3v) is 5.68. The molecule has 0 bridgehead atoms. The minimum absolute atomic E-state index is 0.147. The molecule has 0 spiro atoms. The first-order chi connectivity index (χ1) is 14.5. The van der Waals surface area contributed by atoms with E-state index in [1.165, 1.54) is 17.0 Å². The molecule has 30 heavy (non-hydrogen) atoms. The van der Waals surface area contributed by atoms with Gasteiger partial charge < -0.3 is 10.1 Å². The first kappa shape index (κ1) is 22.0. The van der Waals surface area contributed by atoms with Crippen LogP contribution in [0, 0.1) is 5.82 Å². The lowest BCUT2D eigenvalue weighted by Gasteiger charge is -2.14. The van der Waals surface area contributed by atoms with Crippen molar-refractivity contribution >= 4 is 51.9 Å². The van der Waals surface area contributed by atoms with Crippen LogP contribution in [0.4, 0.5) is 10.1 Å². The van der Waals surface area contributed by atoms with Gasteiger partial charge >= 0.3 is 0 Å². The molecule has 0 aliphatic carbocycles. The molecule has 5 nitrogen and oxygen atoms in total. The summed E-state index contributed by atoms with van der Waals surface area (Å²) in [5.74, 6) is -0.0614. The molecule has 2 aromatic rings. The van der Waals surface area contributed by atoms with Gasteiger partial charge in [0.05, 0.1) is 11.5 Å². The predicted molar refractivity (Wildman–Crippen MR) is 122 cm³/mol. The zero-order chi connectivity index (χ0) is 21.5. The van der Waals surface area contributed by atoms with Gasteiger partial charge in [-0.2, -0.15) is 0 Å². The van der Waals surface area contributed by atoms with Crippen LogP contribution in [0.3, 0.4) is 0 Å². The summed E-state index contributed by atoms with van der Waals surface area (Å²) in [5.41, 5.74) is 1.02. The third-order valence-electron chi connectivity index (χ3n) is 4.30. The lowest BCUT2D eigenvalue weighted by atomic mass is 10.2. The molecule has 0 aromatic heterocycles. The number of ether oxygens (including phenoxy) is 1. The number of nitrogens with zero attached hydrogens (tertiary/aromatic N) is 1. The molecule has 1 aliphatic heterocycles. The smallest absolute Gasteiger partial charge is 0.266 e. The van der Waals surface area contributed by atoms with Gasteiger partial charge in [0.25, 0.3) is 5.91 Å². The average molecular weight is 445 g/mol. The lowest BCUT2D eigenvalue weighted by Crippen LogP contribution is -2.29. The zero-order valence-corrected chi connectivity index (χ0v) is 18.0. The van der Waals surface area contributed by atoms with E-state index in [0.717, 1.165) is 17.5 Å². The van der Waals surface area contributed by atoms with Gasteiger partial charge in [-0.1, -0.05) is 42.2 Å². The van der Waals surface area contributed by atoms with E-state index in [2.05, 4.69) is 5.32 Å². The van der Waals surface area contributed by atoms with Gasteiger partial charge in [-0.05, 0) is 49.8 Å². The number of amides is 2. The van der Waals surface area contributed by atoms with Crippen molar-refractivity contribution in [2.75, 3.05) is 18.5 Å². The summed E-state index contributed by atoms with van der Waals surface area (Å²) in [4.78, 5) is 26.6. The SMILES string of the molecule is CCOc1ccc(NC(=O)CCCN2C(=O)/C(=C/c3ccccc3F)SC2=S)cc1. The van der Waals surface area contributed by atoms with Crippen LogP contribution < -0.4 is 10.1 Å². The highest BCUT2D eigenvalue weighted by Crippen LogP contribution is 2.33. The maximum absolute atomic E-state index is 13.8. The Morgan fingerprint density at radius 1 is 1.23 bits per heavy atom. The topological polar surface area (TPSA) is 58.6 Å². The van der Waals surface area contributed by atoms with Crippen molar-refractivity contribution < 1.29 is 18.7 Å². The third kappa shape index (κ3) is 5.67. The van der Waals surface area contributed by atoms with Crippen molar-refractivity contribution in [1.29, 1.82) is 0 Å². The van der Waals surface area contributed by atoms with E-state index < -0.39 is 5.82 Å². The standard InChI is InChI=1S/C22H21FN2O3S2/c1-2-28-17-11-9-16(10-12-17)24-20(26)8-5-13-25-21(27)19(30-22(25)29)14-15-6-3-4-7-18(15)23/h3-4,6-7,9-12,14H,2,5,8,13H2,1H3,(H,24,26)/b19-14-. The minimum Gasteiger partial charge on any atom is -0.494 e. The Kier molecular flexibility index (Phi) is 7.59. The summed E-state index contributed by atoms with van der Waals surface area (Å²) < 4.78 is 19.6. The van der Waals surface area contributed by atoms with Gasteiger partial charge in [0, 0.05) is 24.2 Å². The van der Waals surface area contributed by atoms with Crippen LogP contribution in [0.25, 0.3) is 6.08 Å². The van der Waals surface area contributed by atoms with E-state index in [9.17, 15) is 14.0 Å². The molecule has 1 aliphatic rings. The lowest BCUT2D eigenvalue weighted by molar-refractivity contribution is -0.122. The van der Waals surface area contributed by atoms with Crippen molar-refractivity contribution in [2.45, 2.75) is 19.8 Å². The molecule has 0 unspecified atom stereocenters. The molecule has 1 saturated heterocycles. The summed E-state index contributed by atoms with van der Waals surface area (Å²) >= 11 is 6.42. The van der Waals surface area contributed by atoms with Crippen LogP contribution in [-0.4, -0.2) is 34.2 Å². The Bertz CT molecular complexity index is 977. The largest absolute Gasteiger partial charge is 0.494 e. The fourth-order valence-corrected chi connectivity index (χ4v) is 4.15. The molecule has 2 aromatic carbocycles. The summed E-state index contributed by atoms with van der Waals surface area (Å²) in [5, 5.41) is 2.82. The molecule has 1 fully saturated rings. The van der Waals surface area contributed by atoms with E-state index >= 15 is 0 Å². The summed E-state index contributed by atoms with van der Waals surface area (Å²) in [7, 11) is 0. The molecule has 0 saturated carbocycles. The van der Waals surface area contributed by atoms with Crippen molar-refractivity contribution in [1.82, 2.24) is 4.90 Å². The van der Waals surface area contributed by atoms with E-state index in [0.29, 0.717) is 40.0 Å². The van der Waals surface area contributed by atoms with Crippen molar-refractivity contribution in [3.05, 3.63) is 64.8 Å². The van der Waals surface area contributed by atoms with E-state index in [4.69, 9.17) is 17.0 Å². The Labute approximate surface area is 184 Å². The second-order valence-corrected chi connectivity index (χ2v) is 8.14. The quantitative estimate of drug-likeness (QED) is 0.466. The second-order valence-electron chi connectivity index (χ2n) is 6.46. The van der Waals surface area contributed by atoms with Gasteiger partial charge in [-0.15, -0.1) is 0 Å². The van der Waals surface area contributed by atoms with Crippen LogP contribution in [0.5, 0.6) is 5.75 Å². The van der Waals surface area contributed by atoms with E-state index in [1.807, 2.05) is 6.92 Å². The van der Waals surface area contributed by atoms with Crippen LogP contribution in [0.15, 0.2) is 53.4 Å². The number of carbonyl (C=O) groups is 2. The van der Waals surface area contributed by atoms with Gasteiger partial charge in [0.2, 0.25) is 5.91 Å². The van der Waals surface area contributed by atoms with Gasteiger partial charge in [0.15, 0.2) is 0 Å². The Balaban J connectivity index is 1.50. The maximum Gasteiger partial charge on any atom is 0.266 e. The number of benzene rings is 2. The normalized spacial score (nSPS) is 15.0. The molecule has 1 N–H and O–H groups in total. The van der Waals surface area contributed by atoms with Gasteiger partial charge in [0.1, 0.15) is 15.9 Å². The van der Waals surface area contributed by atoms with Crippen molar-refractivity contribution in [2.24, 2.45) is 0 Å². The summed E-state index contributed by atoms with van der Waals surface area (Å²) in [6, 6.07) is 13.4. The number of halogens is 1. The number of nitrogens with one attached hydrogen (secondary N) is 1. The second kappa shape index (κ2) is 10.4. The average Bonchev–Trinajstić information content (AvgIpc) is 2.99. The first-order valence-corrected chi connectivity index (χ1v) is 10.7. The molecule has 2 amide bonds. The highest BCUT2D eigenvalue weighted by molar-refractivity contribution is 8.26. The van der Waals surface area contributed by atoms with E-state index in [-0.39, 0.29) is 18.2 Å². The first-order valence-electron chi connectivity index (χ1n) is 9.50. The summed E-state index contributed by atoms with van der Waals surface area (Å²) in [6.07, 6.45) is 2.21. The number of thioether (sulfide) groups is 1. The van der Waals surface area contributed by atoms with E-state index in [1.54, 1.807) is 42.5 Å². The van der Waals surface area contributed by atoms with Crippen molar-refractivity contribution in [3.8, 4) is 5.75 Å². The molecular formula is C22H21FN2O3S2. The molecule has 8 heteroatoms. The van der Waals surface area contributed by atoms with Gasteiger partial charge in [-0.3, -0.25) is 14.5 Å². The molecule has 0 atom stereocenters. The number of thiocarbonyl (C=S) groups is 1. The highest BCUT2D eigenvalue weighted by atomic mass is 32.2.